The van der Waals surface area contributed by atoms with Crippen LogP contribution in [0.15, 0.2) is 0 Å². The SMILES string of the molecule is CC(C)N(C)C1CCC(=O)C1. The summed E-state index contributed by atoms with van der Waals surface area (Å²) in [7, 11) is 2.11. The zero-order valence-corrected chi connectivity index (χ0v) is 7.63. The van der Waals surface area contributed by atoms with Crippen molar-refractivity contribution in [2.24, 2.45) is 0 Å². The third-order valence-corrected chi connectivity index (χ3v) is 2.61. The maximum absolute atomic E-state index is 11.0. The van der Waals surface area contributed by atoms with Crippen LogP contribution >= 0.6 is 0 Å². The van der Waals surface area contributed by atoms with Crippen molar-refractivity contribution in [3.8, 4) is 0 Å². The van der Waals surface area contributed by atoms with Gasteiger partial charge in [0.25, 0.3) is 0 Å². The van der Waals surface area contributed by atoms with Crippen molar-refractivity contribution in [1.82, 2.24) is 4.90 Å². The fraction of sp³-hybridized carbons (Fsp3) is 0.889. The molecule has 0 bridgehead atoms. The van der Waals surface area contributed by atoms with E-state index in [0.29, 0.717) is 17.9 Å². The molecule has 0 N–H and O–H groups in total. The minimum absolute atomic E-state index is 0.433. The summed E-state index contributed by atoms with van der Waals surface area (Å²) in [6, 6.07) is 1.08. The van der Waals surface area contributed by atoms with Gasteiger partial charge in [0, 0.05) is 24.9 Å². The zero-order valence-electron chi connectivity index (χ0n) is 7.63. The fourth-order valence-electron chi connectivity index (χ4n) is 1.56. The maximum atomic E-state index is 11.0. The van der Waals surface area contributed by atoms with Crippen molar-refractivity contribution in [2.45, 2.75) is 45.2 Å². The molecule has 64 valence electrons. The highest BCUT2D eigenvalue weighted by Gasteiger charge is 2.26. The zero-order chi connectivity index (χ0) is 8.43. The largest absolute Gasteiger partial charge is 0.301 e. The van der Waals surface area contributed by atoms with Crippen molar-refractivity contribution < 1.29 is 4.79 Å². The van der Waals surface area contributed by atoms with Gasteiger partial charge < -0.3 is 4.90 Å². The number of carbonyl (C=O) groups excluding carboxylic acids is 1. The van der Waals surface area contributed by atoms with E-state index in [4.69, 9.17) is 0 Å². The van der Waals surface area contributed by atoms with Crippen LogP contribution in [-0.2, 0) is 4.79 Å². The number of rotatable bonds is 2. The summed E-state index contributed by atoms with van der Waals surface area (Å²) in [5, 5.41) is 0. The van der Waals surface area contributed by atoms with Crippen LogP contribution in [0.25, 0.3) is 0 Å². The average Bonchev–Trinajstić information content (AvgIpc) is 2.34. The number of hydrogen-bond acceptors (Lipinski definition) is 2. The highest BCUT2D eigenvalue weighted by atomic mass is 16.1. The summed E-state index contributed by atoms with van der Waals surface area (Å²) < 4.78 is 0. The Morgan fingerprint density at radius 2 is 2.18 bits per heavy atom. The van der Waals surface area contributed by atoms with Gasteiger partial charge in [-0.2, -0.15) is 0 Å². The summed E-state index contributed by atoms with van der Waals surface area (Å²) in [6.07, 6.45) is 2.63. The normalized spacial score (nSPS) is 25.5. The molecule has 1 aliphatic rings. The van der Waals surface area contributed by atoms with E-state index >= 15 is 0 Å². The van der Waals surface area contributed by atoms with Crippen LogP contribution in [0.5, 0.6) is 0 Å². The van der Waals surface area contributed by atoms with Crippen molar-refractivity contribution >= 4 is 5.78 Å². The lowest BCUT2D eigenvalue weighted by molar-refractivity contribution is -0.117. The molecule has 1 unspecified atom stereocenters. The van der Waals surface area contributed by atoms with Crippen LogP contribution in [0.1, 0.15) is 33.1 Å². The van der Waals surface area contributed by atoms with Gasteiger partial charge in [-0.05, 0) is 27.3 Å². The highest BCUT2D eigenvalue weighted by molar-refractivity contribution is 5.81. The van der Waals surface area contributed by atoms with Crippen molar-refractivity contribution in [1.29, 1.82) is 0 Å². The van der Waals surface area contributed by atoms with E-state index in [-0.39, 0.29) is 0 Å². The number of carbonyl (C=O) groups is 1. The molecular formula is C9H17NO. The molecule has 2 heteroatoms. The minimum atomic E-state index is 0.433. The van der Waals surface area contributed by atoms with E-state index in [1.165, 1.54) is 0 Å². The Balaban J connectivity index is 2.43. The van der Waals surface area contributed by atoms with Gasteiger partial charge in [-0.25, -0.2) is 0 Å². The van der Waals surface area contributed by atoms with Gasteiger partial charge in [0.05, 0.1) is 0 Å². The molecule has 0 radical (unpaired) electrons. The second-order valence-electron chi connectivity index (χ2n) is 3.69. The number of Topliss-reactive ketones (excluding diaryl/α,β-unsaturated/α-hetero) is 1. The van der Waals surface area contributed by atoms with Crippen LogP contribution in [0.2, 0.25) is 0 Å². The first-order valence-electron chi connectivity index (χ1n) is 4.35. The molecular weight excluding hydrogens is 138 g/mol. The predicted molar refractivity (Wildman–Crippen MR) is 45.5 cm³/mol. The number of hydrogen-bond donors (Lipinski definition) is 0. The monoisotopic (exact) mass is 155 g/mol. The third kappa shape index (κ3) is 2.03. The Labute approximate surface area is 68.6 Å². The Kier molecular flexibility index (Phi) is 2.66. The third-order valence-electron chi connectivity index (χ3n) is 2.61. The minimum Gasteiger partial charge on any atom is -0.301 e. The molecule has 1 aliphatic carbocycles. The standard InChI is InChI=1S/C9H17NO/c1-7(2)10(3)8-4-5-9(11)6-8/h7-8H,4-6H2,1-3H3. The van der Waals surface area contributed by atoms with Gasteiger partial charge in [0.1, 0.15) is 5.78 Å². The molecule has 2 nitrogen and oxygen atoms in total. The molecule has 0 heterocycles. The predicted octanol–water partition coefficient (Wildman–Crippen LogP) is 1.45. The Morgan fingerprint density at radius 3 is 2.55 bits per heavy atom. The summed E-state index contributed by atoms with van der Waals surface area (Å²) in [5.74, 6) is 0.433. The lowest BCUT2D eigenvalue weighted by Crippen LogP contribution is -2.35. The van der Waals surface area contributed by atoms with Crippen LogP contribution in [0, 0.1) is 0 Å². The van der Waals surface area contributed by atoms with Crippen LogP contribution in [0.3, 0.4) is 0 Å². The molecule has 0 aliphatic heterocycles. The lowest BCUT2D eigenvalue weighted by Gasteiger charge is -2.27. The summed E-state index contributed by atoms with van der Waals surface area (Å²) in [5.41, 5.74) is 0. The number of nitrogens with zero attached hydrogens (tertiary/aromatic N) is 1. The van der Waals surface area contributed by atoms with Gasteiger partial charge in [0.2, 0.25) is 0 Å². The van der Waals surface area contributed by atoms with Gasteiger partial charge in [-0.1, -0.05) is 0 Å². The molecule has 0 aromatic carbocycles. The summed E-state index contributed by atoms with van der Waals surface area (Å²) >= 11 is 0. The van der Waals surface area contributed by atoms with E-state index in [9.17, 15) is 4.79 Å². The Morgan fingerprint density at radius 1 is 1.55 bits per heavy atom. The first-order valence-corrected chi connectivity index (χ1v) is 4.35. The van der Waals surface area contributed by atoms with Gasteiger partial charge >= 0.3 is 0 Å². The summed E-state index contributed by atoms with van der Waals surface area (Å²) in [4.78, 5) is 13.3. The highest BCUT2D eigenvalue weighted by Crippen LogP contribution is 2.20. The van der Waals surface area contributed by atoms with E-state index < -0.39 is 0 Å². The second kappa shape index (κ2) is 3.35. The number of ketones is 1. The molecule has 1 saturated carbocycles. The molecule has 0 aromatic heterocycles. The van der Waals surface area contributed by atoms with E-state index in [2.05, 4.69) is 25.8 Å². The van der Waals surface area contributed by atoms with E-state index in [0.717, 1.165) is 19.3 Å². The molecule has 11 heavy (non-hydrogen) atoms. The van der Waals surface area contributed by atoms with Crippen LogP contribution < -0.4 is 0 Å². The fourth-order valence-corrected chi connectivity index (χ4v) is 1.56. The van der Waals surface area contributed by atoms with Gasteiger partial charge in [0.15, 0.2) is 0 Å². The second-order valence-corrected chi connectivity index (χ2v) is 3.69. The Bertz CT molecular complexity index is 154. The molecule has 0 aromatic rings. The smallest absolute Gasteiger partial charge is 0.134 e. The lowest BCUT2D eigenvalue weighted by atomic mass is 10.2. The van der Waals surface area contributed by atoms with E-state index in [1.54, 1.807) is 0 Å². The van der Waals surface area contributed by atoms with Gasteiger partial charge in [-0.15, -0.1) is 0 Å². The molecule has 1 rings (SSSR count). The Hall–Kier alpha value is -0.370. The first-order chi connectivity index (χ1) is 5.11. The van der Waals surface area contributed by atoms with Gasteiger partial charge in [-0.3, -0.25) is 4.79 Å². The van der Waals surface area contributed by atoms with Crippen LogP contribution in [-0.4, -0.2) is 29.8 Å². The maximum Gasteiger partial charge on any atom is 0.134 e. The molecule has 1 fully saturated rings. The topological polar surface area (TPSA) is 20.3 Å². The molecule has 0 saturated heterocycles. The average molecular weight is 155 g/mol. The molecule has 0 amide bonds. The first kappa shape index (κ1) is 8.72. The summed E-state index contributed by atoms with van der Waals surface area (Å²) in [6.45, 7) is 4.34. The van der Waals surface area contributed by atoms with Crippen molar-refractivity contribution in [3.63, 3.8) is 0 Å². The van der Waals surface area contributed by atoms with Crippen molar-refractivity contribution in [2.75, 3.05) is 7.05 Å². The molecule has 0 spiro atoms. The quantitative estimate of drug-likeness (QED) is 0.601. The van der Waals surface area contributed by atoms with E-state index in [1.807, 2.05) is 0 Å². The van der Waals surface area contributed by atoms with Crippen molar-refractivity contribution in [3.05, 3.63) is 0 Å². The molecule has 1 atom stereocenters. The van der Waals surface area contributed by atoms with Crippen LogP contribution in [0.4, 0.5) is 0 Å².